The number of hydrogen-bond donors (Lipinski definition) is 1. The first kappa shape index (κ1) is 22.0. The summed E-state index contributed by atoms with van der Waals surface area (Å²) < 4.78 is 27.4. The number of benzene rings is 2. The Morgan fingerprint density at radius 2 is 1.63 bits per heavy atom. The Balaban J connectivity index is 1.51. The van der Waals surface area contributed by atoms with E-state index in [1.807, 2.05) is 43.3 Å². The minimum absolute atomic E-state index is 0.0879. The van der Waals surface area contributed by atoms with E-state index in [1.165, 1.54) is 4.31 Å². The highest BCUT2D eigenvalue weighted by atomic mass is 32.2. The van der Waals surface area contributed by atoms with E-state index in [-0.39, 0.29) is 37.9 Å². The van der Waals surface area contributed by atoms with Crippen LogP contribution in [0.5, 0.6) is 0 Å². The first-order chi connectivity index (χ1) is 14.3. The van der Waals surface area contributed by atoms with Crippen LogP contribution >= 0.6 is 0 Å². The Morgan fingerprint density at radius 3 is 2.30 bits per heavy atom. The largest absolute Gasteiger partial charge is 0.347 e. The molecule has 0 atom stereocenters. The lowest BCUT2D eigenvalue weighted by atomic mass is 10.1. The van der Waals surface area contributed by atoms with E-state index in [1.54, 1.807) is 24.0 Å². The molecule has 0 aromatic heterocycles. The van der Waals surface area contributed by atoms with Crippen molar-refractivity contribution in [3.05, 3.63) is 65.2 Å². The smallest absolute Gasteiger partial charge is 0.243 e. The summed E-state index contributed by atoms with van der Waals surface area (Å²) in [6.45, 7) is 4.63. The Hall–Kier alpha value is -2.71. The molecule has 0 aliphatic carbocycles. The summed E-state index contributed by atoms with van der Waals surface area (Å²) in [5.74, 6) is -0.425. The number of carbonyl (C=O) groups excluding carboxylic acids is 2. The van der Waals surface area contributed by atoms with Crippen molar-refractivity contribution in [3.63, 3.8) is 0 Å². The molecule has 7 nitrogen and oxygen atoms in total. The standard InChI is InChI=1S/C22H27N3O4S/c1-17-8-9-18(2)20(14-17)30(28,29)25-12-10-24(11-13-25)22(27)16-23-21(26)15-19-6-4-3-5-7-19/h3-9,14H,10-13,15-16H2,1-2H3,(H,23,26). The second-order valence-corrected chi connectivity index (χ2v) is 9.40. The first-order valence-corrected chi connectivity index (χ1v) is 11.4. The highest BCUT2D eigenvalue weighted by molar-refractivity contribution is 7.89. The molecule has 8 heteroatoms. The van der Waals surface area contributed by atoms with E-state index < -0.39 is 10.0 Å². The quantitative estimate of drug-likeness (QED) is 0.754. The van der Waals surface area contributed by atoms with Crippen molar-refractivity contribution in [1.82, 2.24) is 14.5 Å². The molecule has 1 saturated heterocycles. The zero-order valence-corrected chi connectivity index (χ0v) is 18.1. The highest BCUT2D eigenvalue weighted by Gasteiger charge is 2.31. The molecule has 2 amide bonds. The fraction of sp³-hybridized carbons (Fsp3) is 0.364. The van der Waals surface area contributed by atoms with E-state index in [2.05, 4.69) is 5.32 Å². The number of carbonyl (C=O) groups is 2. The Morgan fingerprint density at radius 1 is 0.967 bits per heavy atom. The van der Waals surface area contributed by atoms with E-state index in [9.17, 15) is 18.0 Å². The molecule has 2 aromatic carbocycles. The number of nitrogens with one attached hydrogen (secondary N) is 1. The molecular weight excluding hydrogens is 402 g/mol. The van der Waals surface area contributed by atoms with Gasteiger partial charge in [-0.25, -0.2) is 8.42 Å². The lowest BCUT2D eigenvalue weighted by Gasteiger charge is -2.34. The predicted molar refractivity (Wildman–Crippen MR) is 114 cm³/mol. The maximum Gasteiger partial charge on any atom is 0.243 e. The maximum absolute atomic E-state index is 13.0. The van der Waals surface area contributed by atoms with Gasteiger partial charge in [0.1, 0.15) is 0 Å². The van der Waals surface area contributed by atoms with Crippen molar-refractivity contribution in [3.8, 4) is 0 Å². The molecule has 1 aliphatic rings. The summed E-state index contributed by atoms with van der Waals surface area (Å²) in [5.41, 5.74) is 2.48. The van der Waals surface area contributed by atoms with Crippen LogP contribution < -0.4 is 5.32 Å². The van der Waals surface area contributed by atoms with Gasteiger partial charge in [0, 0.05) is 26.2 Å². The Labute approximate surface area is 177 Å². The normalized spacial score (nSPS) is 15.1. The SMILES string of the molecule is Cc1ccc(C)c(S(=O)(=O)N2CCN(C(=O)CNC(=O)Cc3ccccc3)CC2)c1. The molecule has 1 aliphatic heterocycles. The van der Waals surface area contributed by atoms with Crippen LogP contribution in [0.2, 0.25) is 0 Å². The van der Waals surface area contributed by atoms with E-state index >= 15 is 0 Å². The van der Waals surface area contributed by atoms with E-state index in [0.717, 1.165) is 11.1 Å². The summed E-state index contributed by atoms with van der Waals surface area (Å²) in [5, 5.41) is 2.65. The van der Waals surface area contributed by atoms with Gasteiger partial charge < -0.3 is 10.2 Å². The molecule has 160 valence electrons. The molecular formula is C22H27N3O4S. The van der Waals surface area contributed by atoms with Crippen LogP contribution in [0.15, 0.2) is 53.4 Å². The van der Waals surface area contributed by atoms with Crippen molar-refractivity contribution in [2.45, 2.75) is 25.2 Å². The van der Waals surface area contributed by atoms with Gasteiger partial charge in [-0.05, 0) is 36.6 Å². The van der Waals surface area contributed by atoms with Crippen molar-refractivity contribution in [2.24, 2.45) is 0 Å². The van der Waals surface area contributed by atoms with Crippen LogP contribution in [-0.4, -0.2) is 62.2 Å². The van der Waals surface area contributed by atoms with E-state index in [0.29, 0.717) is 23.5 Å². The van der Waals surface area contributed by atoms with Gasteiger partial charge in [-0.3, -0.25) is 9.59 Å². The third-order valence-corrected chi connectivity index (χ3v) is 7.24. The average molecular weight is 430 g/mol. The van der Waals surface area contributed by atoms with Crippen LogP contribution in [0.4, 0.5) is 0 Å². The third kappa shape index (κ3) is 5.25. The van der Waals surface area contributed by atoms with Gasteiger partial charge in [-0.1, -0.05) is 42.5 Å². The topological polar surface area (TPSA) is 86.8 Å². The first-order valence-electron chi connectivity index (χ1n) is 9.93. The summed E-state index contributed by atoms with van der Waals surface area (Å²) in [6.07, 6.45) is 0.218. The number of hydrogen-bond acceptors (Lipinski definition) is 4. The molecule has 3 rings (SSSR count). The number of piperazine rings is 1. The zero-order chi connectivity index (χ0) is 21.7. The van der Waals surface area contributed by atoms with Gasteiger partial charge in [0.25, 0.3) is 0 Å². The van der Waals surface area contributed by atoms with Crippen molar-refractivity contribution in [2.75, 3.05) is 32.7 Å². The fourth-order valence-electron chi connectivity index (χ4n) is 3.43. The molecule has 0 radical (unpaired) electrons. The Bertz CT molecular complexity index is 1010. The maximum atomic E-state index is 13.0. The molecule has 1 fully saturated rings. The summed E-state index contributed by atoms with van der Waals surface area (Å²) in [4.78, 5) is 26.4. The summed E-state index contributed by atoms with van der Waals surface area (Å²) in [7, 11) is -3.60. The number of sulfonamides is 1. The number of nitrogens with zero attached hydrogens (tertiary/aromatic N) is 2. The fourth-order valence-corrected chi connectivity index (χ4v) is 5.16. The Kier molecular flexibility index (Phi) is 6.89. The second-order valence-electron chi connectivity index (χ2n) is 7.49. The monoisotopic (exact) mass is 429 g/mol. The number of aryl methyl sites for hydroxylation is 2. The van der Waals surface area contributed by atoms with E-state index in [4.69, 9.17) is 0 Å². The summed E-state index contributed by atoms with van der Waals surface area (Å²) >= 11 is 0. The van der Waals surface area contributed by atoms with Crippen LogP contribution in [0, 0.1) is 13.8 Å². The lowest BCUT2D eigenvalue weighted by Crippen LogP contribution is -2.52. The number of rotatable bonds is 6. The predicted octanol–water partition coefficient (Wildman–Crippen LogP) is 1.50. The van der Waals surface area contributed by atoms with Crippen LogP contribution in [-0.2, 0) is 26.0 Å². The van der Waals surface area contributed by atoms with Crippen molar-refractivity contribution < 1.29 is 18.0 Å². The summed E-state index contributed by atoms with van der Waals surface area (Å²) in [6, 6.07) is 14.7. The van der Waals surface area contributed by atoms with Crippen molar-refractivity contribution in [1.29, 1.82) is 0 Å². The van der Waals surface area contributed by atoms with Gasteiger partial charge in [0.15, 0.2) is 0 Å². The van der Waals surface area contributed by atoms with Gasteiger partial charge in [0.05, 0.1) is 17.9 Å². The second kappa shape index (κ2) is 9.40. The molecule has 0 bridgehead atoms. The highest BCUT2D eigenvalue weighted by Crippen LogP contribution is 2.22. The minimum Gasteiger partial charge on any atom is -0.347 e. The molecule has 1 N–H and O–H groups in total. The van der Waals surface area contributed by atoms with Gasteiger partial charge in [0.2, 0.25) is 21.8 Å². The molecule has 2 aromatic rings. The molecule has 0 unspecified atom stereocenters. The molecule has 0 saturated carbocycles. The molecule has 0 spiro atoms. The van der Waals surface area contributed by atoms with Crippen LogP contribution in [0.25, 0.3) is 0 Å². The lowest BCUT2D eigenvalue weighted by molar-refractivity contribution is -0.133. The van der Waals surface area contributed by atoms with Gasteiger partial charge in [-0.15, -0.1) is 0 Å². The average Bonchev–Trinajstić information content (AvgIpc) is 2.74. The molecule has 1 heterocycles. The van der Waals surface area contributed by atoms with Gasteiger partial charge in [-0.2, -0.15) is 4.31 Å². The zero-order valence-electron chi connectivity index (χ0n) is 17.3. The number of amides is 2. The van der Waals surface area contributed by atoms with Crippen molar-refractivity contribution >= 4 is 21.8 Å². The third-order valence-electron chi connectivity index (χ3n) is 5.20. The minimum atomic E-state index is -3.60. The van der Waals surface area contributed by atoms with Crippen LogP contribution in [0.1, 0.15) is 16.7 Å². The molecule has 30 heavy (non-hydrogen) atoms. The van der Waals surface area contributed by atoms with Crippen LogP contribution in [0.3, 0.4) is 0 Å². The van der Waals surface area contributed by atoms with Gasteiger partial charge >= 0.3 is 0 Å².